The van der Waals surface area contributed by atoms with Crippen LogP contribution in [-0.4, -0.2) is 46.0 Å². The molecule has 2 atom stereocenters. The van der Waals surface area contributed by atoms with Crippen LogP contribution in [0.15, 0.2) is 48.8 Å². The summed E-state index contributed by atoms with van der Waals surface area (Å²) in [7, 11) is 0. The molecule has 2 heterocycles. The van der Waals surface area contributed by atoms with Crippen LogP contribution in [0, 0.1) is 5.92 Å². The Morgan fingerprint density at radius 2 is 1.93 bits per heavy atom. The van der Waals surface area contributed by atoms with E-state index >= 15 is 0 Å². The number of nitrogens with one attached hydrogen (secondary N) is 1. The van der Waals surface area contributed by atoms with E-state index in [2.05, 4.69) is 17.2 Å². The number of aromatic nitrogens is 1. The number of benzene rings is 1. The van der Waals surface area contributed by atoms with E-state index in [1.807, 2.05) is 36.4 Å². The Balaban J connectivity index is 1.46. The van der Waals surface area contributed by atoms with E-state index in [1.165, 1.54) is 0 Å². The summed E-state index contributed by atoms with van der Waals surface area (Å²) >= 11 is 0. The molecule has 28 heavy (non-hydrogen) atoms. The van der Waals surface area contributed by atoms with E-state index in [1.54, 1.807) is 17.3 Å². The van der Waals surface area contributed by atoms with Crippen molar-refractivity contribution in [1.29, 1.82) is 0 Å². The number of carbonyl (C=O) groups is 2. The van der Waals surface area contributed by atoms with Crippen LogP contribution in [0.5, 0.6) is 0 Å². The maximum Gasteiger partial charge on any atom is 0.224 e. The number of hydrogen-bond acceptors (Lipinski definition) is 4. The third-order valence-corrected chi connectivity index (χ3v) is 5.19. The largest absolute Gasteiger partial charge is 0.391 e. The van der Waals surface area contributed by atoms with Gasteiger partial charge in [0.25, 0.3) is 0 Å². The number of anilines is 1. The van der Waals surface area contributed by atoms with E-state index in [0.717, 1.165) is 23.2 Å². The van der Waals surface area contributed by atoms with Crippen molar-refractivity contribution in [3.63, 3.8) is 0 Å². The van der Waals surface area contributed by atoms with Crippen molar-refractivity contribution < 1.29 is 14.7 Å². The number of aliphatic hydroxyl groups is 1. The van der Waals surface area contributed by atoms with Gasteiger partial charge >= 0.3 is 0 Å². The topological polar surface area (TPSA) is 82.5 Å². The molecule has 2 aromatic rings. The highest BCUT2D eigenvalue weighted by Crippen LogP contribution is 2.22. The van der Waals surface area contributed by atoms with Crippen LogP contribution >= 0.6 is 0 Å². The molecule has 1 aromatic carbocycles. The molecule has 3 rings (SSSR count). The van der Waals surface area contributed by atoms with Gasteiger partial charge in [-0.2, -0.15) is 0 Å². The first-order chi connectivity index (χ1) is 13.5. The second-order valence-electron chi connectivity index (χ2n) is 7.29. The molecule has 1 fully saturated rings. The number of nitrogens with zero attached hydrogens (tertiary/aromatic N) is 2. The van der Waals surface area contributed by atoms with Gasteiger partial charge in [-0.25, -0.2) is 0 Å². The van der Waals surface area contributed by atoms with Gasteiger partial charge in [0.15, 0.2) is 0 Å². The molecule has 148 valence electrons. The van der Waals surface area contributed by atoms with Gasteiger partial charge in [-0.3, -0.25) is 14.6 Å². The molecule has 2 N–H and O–H groups in total. The molecular weight excluding hydrogens is 354 g/mol. The number of likely N-dealkylation sites (tertiary alicyclic amines) is 1. The Morgan fingerprint density at radius 1 is 1.14 bits per heavy atom. The second kappa shape index (κ2) is 9.46. The second-order valence-corrected chi connectivity index (χ2v) is 7.29. The number of aryl methyl sites for hydroxylation is 1. The minimum absolute atomic E-state index is 0.0111. The van der Waals surface area contributed by atoms with Gasteiger partial charge in [-0.05, 0) is 48.2 Å². The lowest BCUT2D eigenvalue weighted by Gasteiger charge is -2.16. The lowest BCUT2D eigenvalue weighted by molar-refractivity contribution is -0.132. The van der Waals surface area contributed by atoms with Gasteiger partial charge in [0.2, 0.25) is 11.8 Å². The quantitative estimate of drug-likeness (QED) is 0.772. The van der Waals surface area contributed by atoms with Crippen molar-refractivity contribution in [2.75, 3.05) is 18.4 Å². The van der Waals surface area contributed by atoms with Gasteiger partial charge < -0.3 is 15.3 Å². The molecule has 1 aromatic heterocycles. The summed E-state index contributed by atoms with van der Waals surface area (Å²) in [4.78, 5) is 30.3. The highest BCUT2D eigenvalue weighted by Gasteiger charge is 2.33. The summed E-state index contributed by atoms with van der Waals surface area (Å²) < 4.78 is 0. The number of rotatable bonds is 7. The van der Waals surface area contributed by atoms with Gasteiger partial charge in [0, 0.05) is 49.9 Å². The van der Waals surface area contributed by atoms with Crippen LogP contribution < -0.4 is 5.32 Å². The van der Waals surface area contributed by atoms with Crippen LogP contribution in [0.4, 0.5) is 5.69 Å². The lowest BCUT2D eigenvalue weighted by Crippen LogP contribution is -2.30. The molecular formula is C22H27N3O3. The molecule has 1 aliphatic rings. The molecule has 1 aliphatic heterocycles. The first kappa shape index (κ1) is 20.0. The fourth-order valence-electron chi connectivity index (χ4n) is 3.55. The van der Waals surface area contributed by atoms with Crippen LogP contribution in [0.2, 0.25) is 0 Å². The standard InChI is InChI=1S/C22H27N3O3/c1-2-16-4-3-5-19(13-16)24-21(27)6-7-22(28)25-14-18(20(26)15-25)12-17-8-10-23-11-9-17/h3-5,8-11,13,18,20,26H,2,6-7,12,14-15H2,1H3,(H,24,27)/t18-,20-/m1/s1. The predicted octanol–water partition coefficient (Wildman–Crippen LogP) is 2.42. The Morgan fingerprint density at radius 3 is 2.68 bits per heavy atom. The number of carbonyl (C=O) groups excluding carboxylic acids is 2. The van der Waals surface area contributed by atoms with Crippen molar-refractivity contribution in [2.24, 2.45) is 5.92 Å². The summed E-state index contributed by atoms with van der Waals surface area (Å²) in [5.41, 5.74) is 3.01. The average molecular weight is 381 g/mol. The first-order valence-corrected chi connectivity index (χ1v) is 9.78. The Bertz CT molecular complexity index is 810. The van der Waals surface area contributed by atoms with Gasteiger partial charge in [0.05, 0.1) is 6.10 Å². The Labute approximate surface area is 165 Å². The number of amides is 2. The smallest absolute Gasteiger partial charge is 0.224 e. The van der Waals surface area contributed by atoms with Crippen molar-refractivity contribution in [1.82, 2.24) is 9.88 Å². The summed E-state index contributed by atoms with van der Waals surface area (Å²) in [5, 5.41) is 13.2. The molecule has 0 bridgehead atoms. The normalized spacial score (nSPS) is 18.9. The third kappa shape index (κ3) is 5.39. The van der Waals surface area contributed by atoms with E-state index in [0.29, 0.717) is 19.5 Å². The maximum absolute atomic E-state index is 12.5. The zero-order valence-electron chi connectivity index (χ0n) is 16.2. The zero-order chi connectivity index (χ0) is 19.9. The minimum atomic E-state index is -0.539. The number of aliphatic hydroxyl groups excluding tert-OH is 1. The van der Waals surface area contributed by atoms with Crippen molar-refractivity contribution >= 4 is 17.5 Å². The van der Waals surface area contributed by atoms with E-state index in [9.17, 15) is 14.7 Å². The molecule has 2 amide bonds. The van der Waals surface area contributed by atoms with Crippen LogP contribution in [0.25, 0.3) is 0 Å². The van der Waals surface area contributed by atoms with Crippen molar-refractivity contribution in [2.45, 2.75) is 38.7 Å². The third-order valence-electron chi connectivity index (χ3n) is 5.19. The Hall–Kier alpha value is -2.73. The van der Waals surface area contributed by atoms with Crippen LogP contribution in [0.3, 0.4) is 0 Å². The molecule has 1 saturated heterocycles. The highest BCUT2D eigenvalue weighted by atomic mass is 16.3. The average Bonchev–Trinajstić information content (AvgIpc) is 3.07. The molecule has 0 unspecified atom stereocenters. The van der Waals surface area contributed by atoms with Crippen molar-refractivity contribution in [3.8, 4) is 0 Å². The minimum Gasteiger partial charge on any atom is -0.391 e. The first-order valence-electron chi connectivity index (χ1n) is 9.78. The summed E-state index contributed by atoms with van der Waals surface area (Å²) in [6.07, 6.45) is 4.82. The highest BCUT2D eigenvalue weighted by molar-refractivity contribution is 5.93. The monoisotopic (exact) mass is 381 g/mol. The molecule has 0 spiro atoms. The number of pyridine rings is 1. The zero-order valence-corrected chi connectivity index (χ0v) is 16.2. The fraction of sp³-hybridized carbons (Fsp3) is 0.409. The fourth-order valence-corrected chi connectivity index (χ4v) is 3.55. The van der Waals surface area contributed by atoms with E-state index in [4.69, 9.17) is 0 Å². The van der Waals surface area contributed by atoms with Gasteiger partial charge in [0.1, 0.15) is 0 Å². The van der Waals surface area contributed by atoms with Gasteiger partial charge in [-0.1, -0.05) is 19.1 Å². The maximum atomic E-state index is 12.5. The predicted molar refractivity (Wildman–Crippen MR) is 108 cm³/mol. The molecule has 6 nitrogen and oxygen atoms in total. The Kier molecular flexibility index (Phi) is 6.76. The van der Waals surface area contributed by atoms with Crippen molar-refractivity contribution in [3.05, 3.63) is 59.9 Å². The van der Waals surface area contributed by atoms with Gasteiger partial charge in [-0.15, -0.1) is 0 Å². The molecule has 0 aliphatic carbocycles. The lowest BCUT2D eigenvalue weighted by atomic mass is 9.97. The summed E-state index contributed by atoms with van der Waals surface area (Å²) in [5.74, 6) is -0.250. The molecule has 0 saturated carbocycles. The summed E-state index contributed by atoms with van der Waals surface area (Å²) in [6.45, 7) is 2.91. The number of β-amino-alcohol motifs (C(OH)–C–C–N with tert-alkyl or cyclic N) is 1. The SMILES string of the molecule is CCc1cccc(NC(=O)CCC(=O)N2C[C@@H](Cc3ccncc3)[C@H](O)C2)c1. The number of hydrogen-bond donors (Lipinski definition) is 2. The molecule has 6 heteroatoms. The van der Waals surface area contributed by atoms with Crippen LogP contribution in [0.1, 0.15) is 30.9 Å². The summed E-state index contributed by atoms with van der Waals surface area (Å²) in [6, 6.07) is 11.6. The van der Waals surface area contributed by atoms with Crippen LogP contribution in [-0.2, 0) is 22.4 Å². The molecule has 0 radical (unpaired) electrons. The van der Waals surface area contributed by atoms with E-state index in [-0.39, 0.29) is 30.6 Å². The van der Waals surface area contributed by atoms with E-state index < -0.39 is 6.10 Å².